The summed E-state index contributed by atoms with van der Waals surface area (Å²) in [7, 11) is 4.03. The van der Waals surface area contributed by atoms with Crippen LogP contribution >= 0.6 is 11.7 Å². The number of hydrogen-bond acceptors (Lipinski definition) is 6. The van der Waals surface area contributed by atoms with Crippen molar-refractivity contribution in [2.75, 3.05) is 27.2 Å². The molecule has 1 amide bonds. The fraction of sp³-hybridized carbons (Fsp3) is 0.438. The molecule has 0 radical (unpaired) electrons. The van der Waals surface area contributed by atoms with Crippen LogP contribution in [0.5, 0.6) is 5.75 Å². The SMILES string of the molecule is Cc1nsnc1COc1cccc(C(=O)NCCCN(C)C)c1. The molecule has 0 aliphatic rings. The molecular formula is C16H22N4O2S. The minimum absolute atomic E-state index is 0.0827. The van der Waals surface area contributed by atoms with Gasteiger partial charge in [-0.3, -0.25) is 4.79 Å². The van der Waals surface area contributed by atoms with E-state index in [-0.39, 0.29) is 5.91 Å². The lowest BCUT2D eigenvalue weighted by atomic mass is 10.2. The zero-order valence-corrected chi connectivity index (χ0v) is 14.5. The van der Waals surface area contributed by atoms with Gasteiger partial charge in [-0.05, 0) is 52.2 Å². The highest BCUT2D eigenvalue weighted by atomic mass is 32.1. The van der Waals surface area contributed by atoms with E-state index >= 15 is 0 Å². The Kier molecular flexibility index (Phi) is 6.49. The fourth-order valence-corrected chi connectivity index (χ4v) is 2.51. The smallest absolute Gasteiger partial charge is 0.251 e. The molecule has 1 heterocycles. The van der Waals surface area contributed by atoms with E-state index in [1.54, 1.807) is 12.1 Å². The third-order valence-corrected chi connectivity index (χ3v) is 3.94. The third kappa shape index (κ3) is 5.61. The maximum atomic E-state index is 12.1. The van der Waals surface area contributed by atoms with Crippen LogP contribution < -0.4 is 10.1 Å². The molecule has 0 bridgehead atoms. The summed E-state index contributed by atoms with van der Waals surface area (Å²) < 4.78 is 14.0. The summed E-state index contributed by atoms with van der Waals surface area (Å²) in [5, 5.41) is 2.92. The Bertz CT molecular complexity index is 643. The predicted octanol–water partition coefficient (Wildman–Crippen LogP) is 2.11. The molecule has 1 aromatic carbocycles. The molecule has 124 valence electrons. The van der Waals surface area contributed by atoms with Gasteiger partial charge in [0.2, 0.25) is 0 Å². The normalized spacial score (nSPS) is 10.8. The molecule has 2 aromatic rings. The second-order valence-corrected chi connectivity index (χ2v) is 6.05. The van der Waals surface area contributed by atoms with Gasteiger partial charge in [-0.15, -0.1) is 0 Å². The van der Waals surface area contributed by atoms with Crippen molar-refractivity contribution in [2.24, 2.45) is 0 Å². The largest absolute Gasteiger partial charge is 0.487 e. The van der Waals surface area contributed by atoms with Gasteiger partial charge in [0.1, 0.15) is 18.1 Å². The van der Waals surface area contributed by atoms with E-state index in [4.69, 9.17) is 4.74 Å². The standard InChI is InChI=1S/C16H22N4O2S/c1-12-15(19-23-18-12)11-22-14-7-4-6-13(10-14)16(21)17-8-5-9-20(2)3/h4,6-7,10H,5,8-9,11H2,1-3H3,(H,17,21). The van der Waals surface area contributed by atoms with E-state index in [1.165, 1.54) is 11.7 Å². The fourth-order valence-electron chi connectivity index (χ4n) is 1.96. The van der Waals surface area contributed by atoms with Gasteiger partial charge in [-0.1, -0.05) is 6.07 Å². The first kappa shape index (κ1) is 17.4. The van der Waals surface area contributed by atoms with Gasteiger partial charge in [0.05, 0.1) is 17.4 Å². The van der Waals surface area contributed by atoms with Gasteiger partial charge in [-0.25, -0.2) is 0 Å². The summed E-state index contributed by atoms with van der Waals surface area (Å²) in [5.74, 6) is 0.569. The first-order chi connectivity index (χ1) is 11.1. The van der Waals surface area contributed by atoms with Crippen LogP contribution in [-0.2, 0) is 6.61 Å². The zero-order chi connectivity index (χ0) is 16.7. The van der Waals surface area contributed by atoms with Crippen LogP contribution in [-0.4, -0.2) is 46.7 Å². The number of carbonyl (C=O) groups excluding carboxylic acids is 1. The molecule has 0 saturated carbocycles. The molecule has 0 aliphatic heterocycles. The van der Waals surface area contributed by atoms with E-state index < -0.39 is 0 Å². The Labute approximate surface area is 140 Å². The molecule has 0 atom stereocenters. The van der Waals surface area contributed by atoms with Gasteiger partial charge in [-0.2, -0.15) is 8.75 Å². The summed E-state index contributed by atoms with van der Waals surface area (Å²) in [4.78, 5) is 14.2. The minimum atomic E-state index is -0.0827. The first-order valence-electron chi connectivity index (χ1n) is 7.50. The summed E-state index contributed by atoms with van der Waals surface area (Å²) in [5.41, 5.74) is 2.30. The molecule has 0 unspecified atom stereocenters. The molecule has 1 aromatic heterocycles. The quantitative estimate of drug-likeness (QED) is 0.749. The Balaban J connectivity index is 1.86. The highest BCUT2D eigenvalue weighted by Gasteiger charge is 2.08. The molecule has 1 N–H and O–H groups in total. The molecule has 0 spiro atoms. The maximum absolute atomic E-state index is 12.1. The minimum Gasteiger partial charge on any atom is -0.487 e. The lowest BCUT2D eigenvalue weighted by Gasteiger charge is -2.10. The monoisotopic (exact) mass is 334 g/mol. The summed E-state index contributed by atoms with van der Waals surface area (Å²) in [6.07, 6.45) is 0.922. The van der Waals surface area contributed by atoms with Crippen molar-refractivity contribution >= 4 is 17.6 Å². The Morgan fingerprint density at radius 1 is 1.35 bits per heavy atom. The molecule has 0 aliphatic carbocycles. The van der Waals surface area contributed by atoms with Crippen molar-refractivity contribution in [1.29, 1.82) is 0 Å². The van der Waals surface area contributed by atoms with Crippen molar-refractivity contribution in [3.05, 3.63) is 41.2 Å². The van der Waals surface area contributed by atoms with Crippen LogP contribution in [0.3, 0.4) is 0 Å². The lowest BCUT2D eigenvalue weighted by Crippen LogP contribution is -2.27. The number of ether oxygens (including phenoxy) is 1. The molecular weight excluding hydrogens is 312 g/mol. The van der Waals surface area contributed by atoms with Crippen molar-refractivity contribution < 1.29 is 9.53 Å². The van der Waals surface area contributed by atoms with Gasteiger partial charge < -0.3 is 15.0 Å². The Morgan fingerprint density at radius 2 is 2.17 bits per heavy atom. The Hall–Kier alpha value is -1.99. The van der Waals surface area contributed by atoms with E-state index in [0.29, 0.717) is 24.5 Å². The van der Waals surface area contributed by atoms with E-state index in [1.807, 2.05) is 33.2 Å². The van der Waals surface area contributed by atoms with Gasteiger partial charge >= 0.3 is 0 Å². The van der Waals surface area contributed by atoms with E-state index in [2.05, 4.69) is 19.0 Å². The molecule has 7 heteroatoms. The van der Waals surface area contributed by atoms with Crippen molar-refractivity contribution in [3.63, 3.8) is 0 Å². The summed E-state index contributed by atoms with van der Waals surface area (Å²) in [6, 6.07) is 7.17. The lowest BCUT2D eigenvalue weighted by molar-refractivity contribution is 0.0952. The number of aromatic nitrogens is 2. The van der Waals surface area contributed by atoms with Crippen molar-refractivity contribution in [3.8, 4) is 5.75 Å². The molecule has 6 nitrogen and oxygen atoms in total. The summed E-state index contributed by atoms with van der Waals surface area (Å²) >= 11 is 1.17. The predicted molar refractivity (Wildman–Crippen MR) is 90.9 cm³/mol. The highest BCUT2D eigenvalue weighted by molar-refractivity contribution is 6.99. The van der Waals surface area contributed by atoms with E-state index in [9.17, 15) is 4.79 Å². The number of nitrogens with one attached hydrogen (secondary N) is 1. The first-order valence-corrected chi connectivity index (χ1v) is 8.23. The van der Waals surface area contributed by atoms with Crippen LogP contribution in [0.4, 0.5) is 0 Å². The number of aryl methyl sites for hydroxylation is 1. The number of nitrogens with zero attached hydrogens (tertiary/aromatic N) is 3. The van der Waals surface area contributed by atoms with Crippen LogP contribution in [0.25, 0.3) is 0 Å². The Morgan fingerprint density at radius 3 is 2.87 bits per heavy atom. The van der Waals surface area contributed by atoms with Gasteiger partial charge in [0, 0.05) is 12.1 Å². The van der Waals surface area contributed by atoms with Gasteiger partial charge in [0.15, 0.2) is 0 Å². The highest BCUT2D eigenvalue weighted by Crippen LogP contribution is 2.16. The summed E-state index contributed by atoms with van der Waals surface area (Å²) in [6.45, 7) is 3.87. The second-order valence-electron chi connectivity index (χ2n) is 5.53. The average molecular weight is 334 g/mol. The third-order valence-electron chi connectivity index (χ3n) is 3.29. The zero-order valence-electron chi connectivity index (χ0n) is 13.7. The number of hydrogen-bond donors (Lipinski definition) is 1. The van der Waals surface area contributed by atoms with Crippen LogP contribution in [0.1, 0.15) is 28.2 Å². The van der Waals surface area contributed by atoms with Crippen LogP contribution in [0.2, 0.25) is 0 Å². The van der Waals surface area contributed by atoms with Gasteiger partial charge in [0.25, 0.3) is 5.91 Å². The van der Waals surface area contributed by atoms with Crippen molar-refractivity contribution in [1.82, 2.24) is 19.0 Å². The average Bonchev–Trinajstić information content (AvgIpc) is 2.94. The topological polar surface area (TPSA) is 67.3 Å². The van der Waals surface area contributed by atoms with Crippen molar-refractivity contribution in [2.45, 2.75) is 20.0 Å². The number of benzene rings is 1. The maximum Gasteiger partial charge on any atom is 0.251 e. The number of rotatable bonds is 8. The number of carbonyl (C=O) groups is 1. The van der Waals surface area contributed by atoms with E-state index in [0.717, 1.165) is 24.4 Å². The number of amides is 1. The van der Waals surface area contributed by atoms with Crippen LogP contribution in [0.15, 0.2) is 24.3 Å². The molecule has 2 rings (SSSR count). The molecule has 0 fully saturated rings. The molecule has 0 saturated heterocycles. The second kappa shape index (κ2) is 8.59. The molecule has 23 heavy (non-hydrogen) atoms. The van der Waals surface area contributed by atoms with Crippen LogP contribution in [0, 0.1) is 6.92 Å².